The van der Waals surface area contributed by atoms with E-state index in [1.165, 1.54) is 12.8 Å². The van der Waals surface area contributed by atoms with Crippen LogP contribution in [0.4, 0.5) is 0 Å². The molecule has 0 amide bonds. The van der Waals surface area contributed by atoms with E-state index in [1.807, 2.05) is 13.0 Å². The fraction of sp³-hybridized carbons (Fsp3) is 0.750. The number of fused-ring (bicyclic) bond motifs is 2. The number of allylic oxidation sites excluding steroid dienone is 2. The van der Waals surface area contributed by atoms with Crippen LogP contribution in [0.3, 0.4) is 0 Å². The molecule has 0 radical (unpaired) electrons. The van der Waals surface area contributed by atoms with E-state index in [0.717, 1.165) is 12.8 Å². The van der Waals surface area contributed by atoms with E-state index in [2.05, 4.69) is 11.9 Å². The van der Waals surface area contributed by atoms with Crippen LogP contribution >= 0.6 is 0 Å². The second-order valence-corrected chi connectivity index (χ2v) is 4.62. The number of ketones is 1. The second kappa shape index (κ2) is 3.85. The van der Waals surface area contributed by atoms with Gasteiger partial charge in [0.1, 0.15) is 0 Å². The van der Waals surface area contributed by atoms with E-state index in [4.69, 9.17) is 0 Å². The van der Waals surface area contributed by atoms with Crippen molar-refractivity contribution in [2.24, 2.45) is 5.92 Å². The van der Waals surface area contributed by atoms with Crippen LogP contribution in [0.5, 0.6) is 0 Å². The van der Waals surface area contributed by atoms with Crippen molar-refractivity contribution >= 4 is 5.78 Å². The van der Waals surface area contributed by atoms with Crippen molar-refractivity contribution in [3.05, 3.63) is 12.2 Å². The summed E-state index contributed by atoms with van der Waals surface area (Å²) in [7, 11) is 2.21. The Bertz CT molecular complexity index is 245. The fourth-order valence-corrected chi connectivity index (χ4v) is 2.94. The minimum absolute atomic E-state index is 0.305. The van der Waals surface area contributed by atoms with Crippen molar-refractivity contribution in [3.63, 3.8) is 0 Å². The molecule has 14 heavy (non-hydrogen) atoms. The summed E-state index contributed by atoms with van der Waals surface area (Å²) >= 11 is 0. The number of carbonyl (C=O) groups excluding carboxylic acids is 1. The highest BCUT2D eigenvalue weighted by atomic mass is 16.1. The first-order valence-electron chi connectivity index (χ1n) is 5.61. The van der Waals surface area contributed by atoms with Gasteiger partial charge < -0.3 is 4.90 Å². The van der Waals surface area contributed by atoms with Gasteiger partial charge >= 0.3 is 0 Å². The lowest BCUT2D eigenvalue weighted by molar-refractivity contribution is -0.120. The molecule has 2 aliphatic heterocycles. The zero-order chi connectivity index (χ0) is 10.1. The molecule has 2 fully saturated rings. The number of hydrogen-bond acceptors (Lipinski definition) is 2. The van der Waals surface area contributed by atoms with Crippen molar-refractivity contribution in [1.82, 2.24) is 4.90 Å². The average molecular weight is 193 g/mol. The number of carbonyl (C=O) groups is 1. The lowest BCUT2D eigenvalue weighted by Crippen LogP contribution is -2.41. The van der Waals surface area contributed by atoms with Crippen molar-refractivity contribution in [2.45, 2.75) is 44.7 Å². The summed E-state index contributed by atoms with van der Waals surface area (Å²) in [5.41, 5.74) is 0. The van der Waals surface area contributed by atoms with Gasteiger partial charge in [0, 0.05) is 18.0 Å². The van der Waals surface area contributed by atoms with Crippen LogP contribution in [0.15, 0.2) is 12.2 Å². The Kier molecular flexibility index (Phi) is 2.73. The van der Waals surface area contributed by atoms with Gasteiger partial charge in [0.05, 0.1) is 0 Å². The highest BCUT2D eigenvalue weighted by Gasteiger charge is 2.39. The molecule has 0 aromatic rings. The van der Waals surface area contributed by atoms with Crippen LogP contribution in [0.2, 0.25) is 0 Å². The second-order valence-electron chi connectivity index (χ2n) is 4.62. The predicted octanol–water partition coefficient (Wildman–Crippen LogP) is 2.00. The highest BCUT2D eigenvalue weighted by molar-refractivity contribution is 5.91. The molecule has 0 aliphatic carbocycles. The van der Waals surface area contributed by atoms with Gasteiger partial charge in [-0.1, -0.05) is 6.08 Å². The summed E-state index contributed by atoms with van der Waals surface area (Å²) in [6, 6.07) is 1.35. The molecular weight excluding hydrogens is 174 g/mol. The molecule has 2 heterocycles. The fourth-order valence-electron chi connectivity index (χ4n) is 2.94. The molecule has 0 spiro atoms. The Morgan fingerprint density at radius 3 is 2.36 bits per heavy atom. The van der Waals surface area contributed by atoms with Crippen molar-refractivity contribution in [1.29, 1.82) is 0 Å². The molecule has 2 atom stereocenters. The summed E-state index contributed by atoms with van der Waals surface area (Å²) < 4.78 is 0. The predicted molar refractivity (Wildman–Crippen MR) is 57.1 cm³/mol. The molecule has 0 N–H and O–H groups in total. The molecule has 0 saturated carbocycles. The van der Waals surface area contributed by atoms with E-state index >= 15 is 0 Å². The third-order valence-corrected chi connectivity index (χ3v) is 3.83. The largest absolute Gasteiger partial charge is 0.300 e. The highest BCUT2D eigenvalue weighted by Crippen LogP contribution is 2.37. The Hall–Kier alpha value is -0.630. The van der Waals surface area contributed by atoms with Crippen LogP contribution in [-0.2, 0) is 4.79 Å². The first-order chi connectivity index (χ1) is 6.72. The minimum atomic E-state index is 0.305. The summed E-state index contributed by atoms with van der Waals surface area (Å²) in [4.78, 5) is 14.2. The molecule has 2 saturated heterocycles. The number of piperidine rings is 1. The minimum Gasteiger partial charge on any atom is -0.300 e. The van der Waals surface area contributed by atoms with Crippen LogP contribution in [-0.4, -0.2) is 29.8 Å². The first-order valence-corrected chi connectivity index (χ1v) is 5.61. The molecule has 78 valence electrons. The van der Waals surface area contributed by atoms with Crippen molar-refractivity contribution in [2.75, 3.05) is 7.05 Å². The molecule has 2 heteroatoms. The number of rotatable bonds is 2. The first kappa shape index (κ1) is 9.91. The van der Waals surface area contributed by atoms with Gasteiger partial charge in [0.25, 0.3) is 0 Å². The topological polar surface area (TPSA) is 20.3 Å². The lowest BCUT2D eigenvalue weighted by Gasteiger charge is -2.35. The molecule has 2 rings (SSSR count). The monoisotopic (exact) mass is 193 g/mol. The van der Waals surface area contributed by atoms with Crippen molar-refractivity contribution < 1.29 is 4.79 Å². The van der Waals surface area contributed by atoms with Crippen LogP contribution < -0.4 is 0 Å². The van der Waals surface area contributed by atoms with E-state index in [9.17, 15) is 4.79 Å². The van der Waals surface area contributed by atoms with Gasteiger partial charge in [0.15, 0.2) is 5.78 Å². The number of nitrogens with zero attached hydrogens (tertiary/aromatic N) is 1. The standard InChI is InChI=1S/C12H19NO/c1-3-4-12(14)9-7-10-5-6-11(8-9)13(10)2/h3-4,9-11H,5-8H2,1-2H3/b4-3-. The van der Waals surface area contributed by atoms with Crippen molar-refractivity contribution in [3.8, 4) is 0 Å². The molecule has 2 nitrogen and oxygen atoms in total. The van der Waals surface area contributed by atoms with E-state index in [1.54, 1.807) is 6.08 Å². The Morgan fingerprint density at radius 1 is 1.29 bits per heavy atom. The quantitative estimate of drug-likeness (QED) is 0.625. The molecule has 2 unspecified atom stereocenters. The zero-order valence-corrected chi connectivity index (χ0v) is 9.07. The molecular formula is C12H19NO. The van der Waals surface area contributed by atoms with Gasteiger partial charge in [-0.15, -0.1) is 0 Å². The smallest absolute Gasteiger partial charge is 0.158 e. The lowest BCUT2D eigenvalue weighted by atomic mass is 9.87. The van der Waals surface area contributed by atoms with Gasteiger partial charge in [-0.25, -0.2) is 0 Å². The van der Waals surface area contributed by atoms with E-state index in [0.29, 0.717) is 23.8 Å². The third kappa shape index (κ3) is 1.63. The molecule has 0 aromatic carbocycles. The number of hydrogen-bond donors (Lipinski definition) is 0. The average Bonchev–Trinajstić information content (AvgIpc) is 2.42. The third-order valence-electron chi connectivity index (χ3n) is 3.83. The Morgan fingerprint density at radius 2 is 1.86 bits per heavy atom. The normalized spacial score (nSPS) is 38.0. The molecule has 2 bridgehead atoms. The molecule has 0 aromatic heterocycles. The van der Waals surface area contributed by atoms with Gasteiger partial charge in [-0.2, -0.15) is 0 Å². The summed E-state index contributed by atoms with van der Waals surface area (Å²) in [5, 5.41) is 0. The Labute approximate surface area is 86.0 Å². The van der Waals surface area contributed by atoms with Gasteiger partial charge in [-0.05, 0) is 45.7 Å². The van der Waals surface area contributed by atoms with E-state index in [-0.39, 0.29) is 0 Å². The van der Waals surface area contributed by atoms with Gasteiger partial charge in [-0.3, -0.25) is 4.79 Å². The van der Waals surface area contributed by atoms with Crippen LogP contribution in [0.25, 0.3) is 0 Å². The SMILES string of the molecule is C/C=C\C(=O)C1CC2CCC(C1)N2C. The zero-order valence-electron chi connectivity index (χ0n) is 9.07. The maximum absolute atomic E-state index is 11.7. The Balaban J connectivity index is 2.02. The maximum Gasteiger partial charge on any atom is 0.158 e. The summed E-state index contributed by atoms with van der Waals surface area (Å²) in [6.07, 6.45) is 8.35. The van der Waals surface area contributed by atoms with E-state index < -0.39 is 0 Å². The van der Waals surface area contributed by atoms with Gasteiger partial charge in [0.2, 0.25) is 0 Å². The van der Waals surface area contributed by atoms with Crippen LogP contribution in [0, 0.1) is 5.92 Å². The molecule has 2 aliphatic rings. The van der Waals surface area contributed by atoms with Crippen LogP contribution in [0.1, 0.15) is 32.6 Å². The maximum atomic E-state index is 11.7. The summed E-state index contributed by atoms with van der Waals surface area (Å²) in [5.74, 6) is 0.650. The summed E-state index contributed by atoms with van der Waals surface area (Å²) in [6.45, 7) is 1.92.